The minimum atomic E-state index is -0.104. The Labute approximate surface area is 127 Å². The van der Waals surface area contributed by atoms with E-state index in [4.69, 9.17) is 27.6 Å². The van der Waals surface area contributed by atoms with Crippen LogP contribution in [0.3, 0.4) is 0 Å². The fourth-order valence-electron chi connectivity index (χ4n) is 1.88. The summed E-state index contributed by atoms with van der Waals surface area (Å²) in [5.41, 5.74) is 0.596. The van der Waals surface area contributed by atoms with Gasteiger partial charge in [0.2, 0.25) is 0 Å². The van der Waals surface area contributed by atoms with Gasteiger partial charge in [-0.05, 0) is 30.3 Å². The number of hydrogen-bond donors (Lipinski definition) is 2. The van der Waals surface area contributed by atoms with Gasteiger partial charge in [-0.3, -0.25) is 4.79 Å². The SMILES string of the molecule is C[NH+](CC(=O)Nc1cc(Cl)cc(Cl)c1)Cc1ccco1. The van der Waals surface area contributed by atoms with Crippen molar-refractivity contribution in [2.24, 2.45) is 0 Å². The molecule has 1 atom stereocenters. The van der Waals surface area contributed by atoms with Crippen molar-refractivity contribution < 1.29 is 14.1 Å². The lowest BCUT2D eigenvalue weighted by Crippen LogP contribution is -3.08. The molecule has 0 spiro atoms. The predicted octanol–water partition coefficient (Wildman–Crippen LogP) is 2.24. The molecular formula is C14H15Cl2N2O2+. The molecule has 0 aliphatic heterocycles. The Hall–Kier alpha value is -1.49. The first-order valence-electron chi connectivity index (χ1n) is 6.12. The third-order valence-electron chi connectivity index (χ3n) is 2.66. The smallest absolute Gasteiger partial charge is 0.279 e. The van der Waals surface area contributed by atoms with Crippen molar-refractivity contribution in [2.75, 3.05) is 18.9 Å². The molecule has 1 amide bonds. The fourth-order valence-corrected chi connectivity index (χ4v) is 2.40. The second-order valence-electron chi connectivity index (χ2n) is 4.60. The van der Waals surface area contributed by atoms with E-state index in [0.29, 0.717) is 28.8 Å². The van der Waals surface area contributed by atoms with Gasteiger partial charge in [0.05, 0.1) is 13.3 Å². The van der Waals surface area contributed by atoms with Crippen LogP contribution in [0.25, 0.3) is 0 Å². The topological polar surface area (TPSA) is 46.7 Å². The molecule has 2 rings (SSSR count). The summed E-state index contributed by atoms with van der Waals surface area (Å²) in [5.74, 6) is 0.744. The Balaban J connectivity index is 1.88. The third kappa shape index (κ3) is 4.56. The first-order chi connectivity index (χ1) is 9.52. The van der Waals surface area contributed by atoms with Gasteiger partial charge in [-0.25, -0.2) is 0 Å². The number of quaternary nitrogens is 1. The summed E-state index contributed by atoms with van der Waals surface area (Å²) in [6.07, 6.45) is 1.62. The van der Waals surface area contributed by atoms with E-state index in [1.807, 2.05) is 19.2 Å². The largest absolute Gasteiger partial charge is 0.463 e. The van der Waals surface area contributed by atoms with Gasteiger partial charge in [0.1, 0.15) is 6.54 Å². The van der Waals surface area contributed by atoms with Crippen LogP contribution < -0.4 is 10.2 Å². The van der Waals surface area contributed by atoms with Crippen molar-refractivity contribution in [3.63, 3.8) is 0 Å². The number of rotatable bonds is 5. The second-order valence-corrected chi connectivity index (χ2v) is 5.47. The molecule has 6 heteroatoms. The van der Waals surface area contributed by atoms with Crippen molar-refractivity contribution >= 4 is 34.8 Å². The second kappa shape index (κ2) is 6.79. The van der Waals surface area contributed by atoms with E-state index in [1.54, 1.807) is 24.5 Å². The summed E-state index contributed by atoms with van der Waals surface area (Å²) in [4.78, 5) is 12.9. The van der Waals surface area contributed by atoms with E-state index < -0.39 is 0 Å². The summed E-state index contributed by atoms with van der Waals surface area (Å²) >= 11 is 11.8. The number of nitrogens with one attached hydrogen (secondary N) is 2. The molecule has 2 N–H and O–H groups in total. The summed E-state index contributed by atoms with van der Waals surface area (Å²) in [7, 11) is 1.92. The number of likely N-dealkylation sites (N-methyl/N-ethyl adjacent to an activating group) is 1. The van der Waals surface area contributed by atoms with E-state index >= 15 is 0 Å². The normalized spacial score (nSPS) is 12.2. The molecule has 0 saturated carbocycles. The molecule has 0 bridgehead atoms. The maximum Gasteiger partial charge on any atom is 0.279 e. The number of anilines is 1. The van der Waals surface area contributed by atoms with Gasteiger partial charge in [0.25, 0.3) is 5.91 Å². The summed E-state index contributed by atoms with van der Waals surface area (Å²) in [6.45, 7) is 0.974. The van der Waals surface area contributed by atoms with Crippen LogP contribution in [0.15, 0.2) is 41.0 Å². The van der Waals surface area contributed by atoms with Crippen LogP contribution in [0, 0.1) is 0 Å². The highest BCUT2D eigenvalue weighted by atomic mass is 35.5. The minimum absolute atomic E-state index is 0.104. The summed E-state index contributed by atoms with van der Waals surface area (Å²) in [6, 6.07) is 8.66. The Morgan fingerprint density at radius 3 is 2.60 bits per heavy atom. The Morgan fingerprint density at radius 2 is 2.00 bits per heavy atom. The number of halogens is 2. The van der Waals surface area contributed by atoms with Gasteiger partial charge in [-0.15, -0.1) is 0 Å². The van der Waals surface area contributed by atoms with Gasteiger partial charge >= 0.3 is 0 Å². The highest BCUT2D eigenvalue weighted by Gasteiger charge is 2.12. The van der Waals surface area contributed by atoms with Gasteiger partial charge in [-0.1, -0.05) is 23.2 Å². The molecular weight excluding hydrogens is 299 g/mol. The lowest BCUT2D eigenvalue weighted by molar-refractivity contribution is -0.886. The van der Waals surface area contributed by atoms with E-state index in [2.05, 4.69) is 5.32 Å². The molecule has 1 unspecified atom stereocenters. The first-order valence-corrected chi connectivity index (χ1v) is 6.88. The predicted molar refractivity (Wildman–Crippen MR) is 79.3 cm³/mol. The van der Waals surface area contributed by atoms with Gasteiger partial charge < -0.3 is 14.6 Å². The van der Waals surface area contributed by atoms with Crippen molar-refractivity contribution in [3.8, 4) is 0 Å². The zero-order valence-electron chi connectivity index (χ0n) is 11.0. The van der Waals surface area contributed by atoms with Crippen LogP contribution >= 0.6 is 23.2 Å². The maximum absolute atomic E-state index is 11.9. The Bertz CT molecular complexity index is 565. The average molecular weight is 314 g/mol. The molecule has 0 fully saturated rings. The number of carbonyl (C=O) groups excluding carboxylic acids is 1. The molecule has 4 nitrogen and oxygen atoms in total. The van der Waals surface area contributed by atoms with E-state index in [-0.39, 0.29) is 5.91 Å². The van der Waals surface area contributed by atoms with Crippen molar-refractivity contribution in [2.45, 2.75) is 6.54 Å². The third-order valence-corrected chi connectivity index (χ3v) is 3.10. The minimum Gasteiger partial charge on any atom is -0.463 e. The molecule has 2 aromatic rings. The number of carbonyl (C=O) groups is 1. The fraction of sp³-hybridized carbons (Fsp3) is 0.214. The molecule has 1 heterocycles. The van der Waals surface area contributed by atoms with E-state index in [0.717, 1.165) is 10.7 Å². The molecule has 0 saturated heterocycles. The van der Waals surface area contributed by atoms with Gasteiger partial charge in [0, 0.05) is 15.7 Å². The molecule has 0 radical (unpaired) electrons. The van der Waals surface area contributed by atoms with Crippen LogP contribution in [0.2, 0.25) is 10.0 Å². The summed E-state index contributed by atoms with van der Waals surface area (Å²) in [5, 5.41) is 3.75. The molecule has 1 aromatic carbocycles. The average Bonchev–Trinajstić information content (AvgIpc) is 2.79. The summed E-state index contributed by atoms with van der Waals surface area (Å²) < 4.78 is 5.25. The lowest BCUT2D eigenvalue weighted by Gasteiger charge is -2.12. The van der Waals surface area contributed by atoms with Crippen molar-refractivity contribution in [3.05, 3.63) is 52.4 Å². The van der Waals surface area contributed by atoms with Crippen molar-refractivity contribution in [1.82, 2.24) is 0 Å². The highest BCUT2D eigenvalue weighted by Crippen LogP contribution is 2.22. The van der Waals surface area contributed by atoms with Crippen LogP contribution in [0.1, 0.15) is 5.76 Å². The van der Waals surface area contributed by atoms with Crippen LogP contribution in [-0.4, -0.2) is 19.5 Å². The molecule has 106 valence electrons. The van der Waals surface area contributed by atoms with Crippen LogP contribution in [0.5, 0.6) is 0 Å². The molecule has 1 aromatic heterocycles. The Kier molecular flexibility index (Phi) is 5.06. The van der Waals surface area contributed by atoms with E-state index in [9.17, 15) is 4.79 Å². The number of amides is 1. The number of furan rings is 1. The lowest BCUT2D eigenvalue weighted by atomic mass is 10.3. The maximum atomic E-state index is 11.9. The molecule has 0 aliphatic carbocycles. The Morgan fingerprint density at radius 1 is 1.30 bits per heavy atom. The van der Waals surface area contributed by atoms with E-state index in [1.165, 1.54) is 0 Å². The van der Waals surface area contributed by atoms with Gasteiger partial charge in [-0.2, -0.15) is 0 Å². The van der Waals surface area contributed by atoms with Crippen LogP contribution in [0.4, 0.5) is 5.69 Å². The van der Waals surface area contributed by atoms with Crippen molar-refractivity contribution in [1.29, 1.82) is 0 Å². The van der Waals surface area contributed by atoms with Gasteiger partial charge in [0.15, 0.2) is 12.3 Å². The molecule has 20 heavy (non-hydrogen) atoms. The first kappa shape index (κ1) is 14.9. The van der Waals surface area contributed by atoms with Crippen LogP contribution in [-0.2, 0) is 11.3 Å². The zero-order chi connectivity index (χ0) is 14.5. The number of hydrogen-bond acceptors (Lipinski definition) is 2. The highest BCUT2D eigenvalue weighted by molar-refractivity contribution is 6.35. The monoisotopic (exact) mass is 313 g/mol. The zero-order valence-corrected chi connectivity index (χ0v) is 12.5. The quantitative estimate of drug-likeness (QED) is 0.889. The number of benzene rings is 1. The standard InChI is InChI=1S/C14H14Cl2N2O2/c1-18(8-13-3-2-4-20-13)9-14(19)17-12-6-10(15)5-11(16)7-12/h2-7H,8-9H2,1H3,(H,17,19)/p+1. The molecule has 0 aliphatic rings.